The first kappa shape index (κ1) is 11.8. The summed E-state index contributed by atoms with van der Waals surface area (Å²) in [4.78, 5) is 4.51. The molecule has 3 rings (SSSR count). The Morgan fingerprint density at radius 3 is 2.67 bits per heavy atom. The van der Waals surface area contributed by atoms with Gasteiger partial charge in [-0.05, 0) is 35.9 Å². The van der Waals surface area contributed by atoms with Crippen molar-refractivity contribution < 1.29 is 4.39 Å². The molecule has 0 aliphatic heterocycles. The quantitative estimate of drug-likeness (QED) is 0.661. The Balaban J connectivity index is 1.92. The van der Waals surface area contributed by atoms with Crippen LogP contribution in [0.25, 0.3) is 10.2 Å². The van der Waals surface area contributed by atoms with Crippen LogP contribution in [0.3, 0.4) is 0 Å². The predicted molar refractivity (Wildman–Crippen MR) is 76.5 cm³/mol. The average Bonchev–Trinajstić information content (AvgIpc) is 2.73. The summed E-state index contributed by atoms with van der Waals surface area (Å²) >= 11 is 4.96. The van der Waals surface area contributed by atoms with Crippen LogP contribution in [0.15, 0.2) is 46.9 Å². The van der Waals surface area contributed by atoms with Crippen molar-refractivity contribution in [3.8, 4) is 0 Å². The van der Waals surface area contributed by atoms with Gasteiger partial charge in [0.05, 0.1) is 15.2 Å². The molecule has 0 aliphatic rings. The number of thiazole rings is 1. The summed E-state index contributed by atoms with van der Waals surface area (Å²) in [5, 5.41) is 1.01. The Bertz CT molecular complexity index is 691. The number of fused-ring (bicyclic) bond motifs is 1. The van der Waals surface area contributed by atoms with E-state index in [1.165, 1.54) is 17.7 Å². The minimum absolute atomic E-state index is 0.207. The van der Waals surface area contributed by atoms with Crippen LogP contribution in [-0.2, 0) is 6.42 Å². The second kappa shape index (κ2) is 4.78. The number of hydrogen-bond donors (Lipinski definition) is 0. The van der Waals surface area contributed by atoms with E-state index in [1.807, 2.05) is 12.1 Å². The highest BCUT2D eigenvalue weighted by atomic mass is 79.9. The number of hydrogen-bond acceptors (Lipinski definition) is 2. The normalized spacial score (nSPS) is 11.0. The van der Waals surface area contributed by atoms with Crippen molar-refractivity contribution in [2.75, 3.05) is 0 Å². The summed E-state index contributed by atoms with van der Waals surface area (Å²) in [5.74, 6) is -0.207. The van der Waals surface area contributed by atoms with Gasteiger partial charge in [-0.25, -0.2) is 9.37 Å². The SMILES string of the molecule is Fc1ccc2nc(Cc3ccc(Br)cc3)sc2c1. The van der Waals surface area contributed by atoms with E-state index in [2.05, 4.69) is 33.0 Å². The van der Waals surface area contributed by atoms with Gasteiger partial charge in [-0.3, -0.25) is 0 Å². The lowest BCUT2D eigenvalue weighted by Gasteiger charge is -1.97. The predicted octanol–water partition coefficient (Wildman–Crippen LogP) is 4.79. The summed E-state index contributed by atoms with van der Waals surface area (Å²) in [6.07, 6.45) is 0.786. The second-order valence-corrected chi connectivity index (χ2v) is 6.05. The molecule has 0 amide bonds. The fraction of sp³-hybridized carbons (Fsp3) is 0.0714. The Labute approximate surface area is 116 Å². The first-order chi connectivity index (χ1) is 8.70. The van der Waals surface area contributed by atoms with E-state index in [0.717, 1.165) is 26.1 Å². The molecular weight excluding hydrogens is 313 g/mol. The molecule has 0 atom stereocenters. The third-order valence-corrected chi connectivity index (χ3v) is 4.21. The van der Waals surface area contributed by atoms with E-state index in [0.29, 0.717) is 0 Å². The van der Waals surface area contributed by atoms with Gasteiger partial charge < -0.3 is 0 Å². The molecule has 0 radical (unpaired) electrons. The first-order valence-electron chi connectivity index (χ1n) is 5.50. The van der Waals surface area contributed by atoms with Gasteiger partial charge in [-0.2, -0.15) is 0 Å². The molecule has 3 aromatic rings. The maximum atomic E-state index is 13.1. The second-order valence-electron chi connectivity index (χ2n) is 4.02. The number of benzene rings is 2. The standard InChI is InChI=1S/C14H9BrFNS/c15-10-3-1-9(2-4-10)7-14-17-12-6-5-11(16)8-13(12)18-14/h1-6,8H,7H2. The molecule has 90 valence electrons. The monoisotopic (exact) mass is 321 g/mol. The van der Waals surface area contributed by atoms with E-state index in [1.54, 1.807) is 17.4 Å². The molecule has 0 saturated heterocycles. The van der Waals surface area contributed by atoms with Crippen molar-refractivity contribution in [3.63, 3.8) is 0 Å². The molecule has 0 spiro atoms. The smallest absolute Gasteiger partial charge is 0.124 e. The Kier molecular flexibility index (Phi) is 3.14. The minimum atomic E-state index is -0.207. The topological polar surface area (TPSA) is 12.9 Å². The highest BCUT2D eigenvalue weighted by Crippen LogP contribution is 2.25. The van der Waals surface area contributed by atoms with E-state index in [4.69, 9.17) is 0 Å². The summed E-state index contributed by atoms with van der Waals surface area (Å²) in [6, 6.07) is 12.9. The summed E-state index contributed by atoms with van der Waals surface area (Å²) < 4.78 is 15.1. The molecule has 0 unspecified atom stereocenters. The van der Waals surface area contributed by atoms with E-state index < -0.39 is 0 Å². The zero-order valence-electron chi connectivity index (χ0n) is 9.36. The molecule has 0 aliphatic carbocycles. The fourth-order valence-electron chi connectivity index (χ4n) is 1.80. The maximum Gasteiger partial charge on any atom is 0.124 e. The van der Waals surface area contributed by atoms with Gasteiger partial charge in [-0.15, -0.1) is 11.3 Å². The number of rotatable bonds is 2. The lowest BCUT2D eigenvalue weighted by molar-refractivity contribution is 0.630. The number of aromatic nitrogens is 1. The van der Waals surface area contributed by atoms with Crippen LogP contribution in [0.4, 0.5) is 4.39 Å². The molecule has 0 bridgehead atoms. The summed E-state index contributed by atoms with van der Waals surface area (Å²) in [7, 11) is 0. The van der Waals surface area contributed by atoms with Crippen LogP contribution in [0, 0.1) is 5.82 Å². The third kappa shape index (κ3) is 2.44. The van der Waals surface area contributed by atoms with Crippen molar-refractivity contribution in [1.29, 1.82) is 0 Å². The molecule has 18 heavy (non-hydrogen) atoms. The van der Waals surface area contributed by atoms with Gasteiger partial charge >= 0.3 is 0 Å². The lowest BCUT2D eigenvalue weighted by Crippen LogP contribution is -1.85. The Morgan fingerprint density at radius 2 is 1.89 bits per heavy atom. The van der Waals surface area contributed by atoms with Crippen LogP contribution >= 0.6 is 27.3 Å². The van der Waals surface area contributed by atoms with Crippen molar-refractivity contribution in [2.24, 2.45) is 0 Å². The van der Waals surface area contributed by atoms with Crippen LogP contribution in [0.1, 0.15) is 10.6 Å². The molecule has 1 nitrogen and oxygen atoms in total. The number of halogens is 2. The van der Waals surface area contributed by atoms with Crippen LogP contribution < -0.4 is 0 Å². The lowest BCUT2D eigenvalue weighted by atomic mass is 10.2. The van der Waals surface area contributed by atoms with Crippen LogP contribution in [0.5, 0.6) is 0 Å². The summed E-state index contributed by atoms with van der Waals surface area (Å²) in [6.45, 7) is 0. The van der Waals surface area contributed by atoms with Gasteiger partial charge in [0.2, 0.25) is 0 Å². The van der Waals surface area contributed by atoms with Crippen molar-refractivity contribution in [2.45, 2.75) is 6.42 Å². The molecule has 1 aromatic heterocycles. The van der Waals surface area contributed by atoms with Crippen LogP contribution in [0.2, 0.25) is 0 Å². The van der Waals surface area contributed by atoms with E-state index in [-0.39, 0.29) is 5.82 Å². The fourth-order valence-corrected chi connectivity index (χ4v) is 3.09. The zero-order valence-corrected chi connectivity index (χ0v) is 11.8. The van der Waals surface area contributed by atoms with Gasteiger partial charge in [0, 0.05) is 10.9 Å². The van der Waals surface area contributed by atoms with Gasteiger partial charge in [-0.1, -0.05) is 28.1 Å². The minimum Gasteiger partial charge on any atom is -0.241 e. The Hall–Kier alpha value is -1.26. The summed E-state index contributed by atoms with van der Waals surface area (Å²) in [5.41, 5.74) is 2.08. The van der Waals surface area contributed by atoms with E-state index >= 15 is 0 Å². The molecule has 4 heteroatoms. The molecule has 0 fully saturated rings. The molecule has 0 N–H and O–H groups in total. The zero-order chi connectivity index (χ0) is 12.5. The molecule has 1 heterocycles. The van der Waals surface area contributed by atoms with Crippen molar-refractivity contribution >= 4 is 37.5 Å². The highest BCUT2D eigenvalue weighted by molar-refractivity contribution is 9.10. The van der Waals surface area contributed by atoms with Crippen LogP contribution in [-0.4, -0.2) is 4.98 Å². The van der Waals surface area contributed by atoms with Gasteiger partial charge in [0.1, 0.15) is 5.82 Å². The van der Waals surface area contributed by atoms with Gasteiger partial charge in [0.25, 0.3) is 0 Å². The largest absolute Gasteiger partial charge is 0.241 e. The van der Waals surface area contributed by atoms with Crippen molar-refractivity contribution in [1.82, 2.24) is 4.98 Å². The molecular formula is C14H9BrFNS. The Morgan fingerprint density at radius 1 is 1.11 bits per heavy atom. The average molecular weight is 322 g/mol. The third-order valence-electron chi connectivity index (χ3n) is 2.66. The molecule has 0 saturated carbocycles. The molecule has 2 aromatic carbocycles. The first-order valence-corrected chi connectivity index (χ1v) is 7.11. The maximum absolute atomic E-state index is 13.1. The van der Waals surface area contributed by atoms with E-state index in [9.17, 15) is 4.39 Å². The van der Waals surface area contributed by atoms with Gasteiger partial charge in [0.15, 0.2) is 0 Å². The van der Waals surface area contributed by atoms with Crippen molar-refractivity contribution in [3.05, 3.63) is 63.3 Å². The number of nitrogens with zero attached hydrogens (tertiary/aromatic N) is 1. The highest BCUT2D eigenvalue weighted by Gasteiger charge is 2.05.